The summed E-state index contributed by atoms with van der Waals surface area (Å²) in [6.45, 7) is 3.98. The summed E-state index contributed by atoms with van der Waals surface area (Å²) in [6, 6.07) is 12.0. The summed E-state index contributed by atoms with van der Waals surface area (Å²) in [5.74, 6) is 0.885. The van der Waals surface area contributed by atoms with E-state index in [2.05, 4.69) is 26.1 Å². The Morgan fingerprint density at radius 2 is 1.88 bits per heavy atom. The van der Waals surface area contributed by atoms with Crippen LogP contribution < -0.4 is 10.2 Å². The van der Waals surface area contributed by atoms with Crippen molar-refractivity contribution in [3.63, 3.8) is 0 Å². The third kappa shape index (κ3) is 3.31. The summed E-state index contributed by atoms with van der Waals surface area (Å²) < 4.78 is 2.88. The zero-order chi connectivity index (χ0) is 18.1. The van der Waals surface area contributed by atoms with Gasteiger partial charge in [0.15, 0.2) is 5.65 Å². The molecule has 0 bridgehead atoms. The minimum atomic E-state index is -0.0718. The van der Waals surface area contributed by atoms with Crippen LogP contribution in [-0.4, -0.2) is 33.6 Å². The maximum atomic E-state index is 11.5. The molecule has 1 fully saturated rings. The zero-order valence-electron chi connectivity index (χ0n) is 14.6. The second-order valence-corrected chi connectivity index (χ2v) is 7.40. The van der Waals surface area contributed by atoms with Gasteiger partial charge in [0.1, 0.15) is 5.82 Å². The van der Waals surface area contributed by atoms with Crippen LogP contribution in [0.1, 0.15) is 25.5 Å². The van der Waals surface area contributed by atoms with Gasteiger partial charge >= 0.3 is 0 Å². The lowest BCUT2D eigenvalue weighted by Crippen LogP contribution is -2.22. The molecule has 1 saturated heterocycles. The molecule has 1 aromatic carbocycles. The zero-order valence-corrected chi connectivity index (χ0v) is 16.2. The fourth-order valence-electron chi connectivity index (χ4n) is 3.29. The number of hydrogen-bond acceptors (Lipinski definition) is 4. The second-order valence-electron chi connectivity index (χ2n) is 6.48. The van der Waals surface area contributed by atoms with Gasteiger partial charge in [-0.15, -0.1) is 5.10 Å². The maximum Gasteiger partial charge on any atom is 0.217 e. The van der Waals surface area contributed by atoms with Crippen molar-refractivity contribution in [2.45, 2.75) is 26.3 Å². The van der Waals surface area contributed by atoms with E-state index in [1.165, 1.54) is 19.8 Å². The molecule has 1 amide bonds. The Labute approximate surface area is 160 Å². The van der Waals surface area contributed by atoms with Crippen LogP contribution in [0.4, 0.5) is 5.82 Å². The van der Waals surface area contributed by atoms with Crippen molar-refractivity contribution < 1.29 is 4.79 Å². The predicted molar refractivity (Wildman–Crippen MR) is 105 cm³/mol. The summed E-state index contributed by atoms with van der Waals surface area (Å²) in [5.41, 5.74) is 3.52. The van der Waals surface area contributed by atoms with Crippen molar-refractivity contribution >= 4 is 33.3 Å². The van der Waals surface area contributed by atoms with E-state index in [-0.39, 0.29) is 5.91 Å². The molecule has 0 saturated carbocycles. The first kappa shape index (κ1) is 17.0. The molecular weight excluding hydrogens is 394 g/mol. The van der Waals surface area contributed by atoms with Crippen molar-refractivity contribution in [2.75, 3.05) is 18.0 Å². The van der Waals surface area contributed by atoms with Gasteiger partial charge in [-0.3, -0.25) is 4.79 Å². The summed E-state index contributed by atoms with van der Waals surface area (Å²) in [4.78, 5) is 18.5. The predicted octanol–water partition coefficient (Wildman–Crippen LogP) is 3.40. The van der Waals surface area contributed by atoms with Gasteiger partial charge in [-0.25, -0.2) is 9.50 Å². The first-order valence-corrected chi connectivity index (χ1v) is 9.55. The molecule has 26 heavy (non-hydrogen) atoms. The number of fused-ring (bicyclic) bond motifs is 1. The van der Waals surface area contributed by atoms with E-state index in [1.54, 1.807) is 0 Å². The third-order valence-corrected chi connectivity index (χ3v) is 5.14. The van der Waals surface area contributed by atoms with Gasteiger partial charge in [0.25, 0.3) is 0 Å². The highest BCUT2D eigenvalue weighted by Crippen LogP contribution is 2.27. The smallest absolute Gasteiger partial charge is 0.217 e. The topological polar surface area (TPSA) is 62.5 Å². The number of carbonyl (C=O) groups is 1. The quantitative estimate of drug-likeness (QED) is 0.711. The van der Waals surface area contributed by atoms with Crippen LogP contribution in [0.3, 0.4) is 0 Å². The van der Waals surface area contributed by atoms with Crippen molar-refractivity contribution in [3.05, 3.63) is 46.6 Å². The first-order valence-electron chi connectivity index (χ1n) is 8.76. The number of carbonyl (C=O) groups excluding carboxylic acids is 1. The molecule has 1 N–H and O–H groups in total. The highest BCUT2D eigenvalue weighted by Gasteiger charge is 2.19. The fourth-order valence-corrected chi connectivity index (χ4v) is 3.55. The number of imidazole rings is 1. The molecule has 0 unspecified atom stereocenters. The van der Waals surface area contributed by atoms with E-state index in [9.17, 15) is 4.79 Å². The highest BCUT2D eigenvalue weighted by atomic mass is 79.9. The standard InChI is InChI=1S/C19H20BrN5O/c1-13(26)21-12-16-19(14-4-6-15(20)7-5-14)22-17-8-9-18(23-25(16)17)24-10-2-3-11-24/h4-9H,2-3,10-12H2,1H3,(H,21,26). The molecule has 6 nitrogen and oxygen atoms in total. The molecule has 1 aliphatic heterocycles. The van der Waals surface area contributed by atoms with Crippen LogP contribution in [0.5, 0.6) is 0 Å². The number of nitrogens with one attached hydrogen (secondary N) is 1. The van der Waals surface area contributed by atoms with E-state index >= 15 is 0 Å². The monoisotopic (exact) mass is 413 g/mol. The average molecular weight is 414 g/mol. The molecule has 7 heteroatoms. The molecule has 134 valence electrons. The van der Waals surface area contributed by atoms with Gasteiger partial charge < -0.3 is 10.2 Å². The Morgan fingerprint density at radius 3 is 2.58 bits per heavy atom. The lowest BCUT2D eigenvalue weighted by atomic mass is 10.1. The Kier molecular flexibility index (Phi) is 4.63. The number of nitrogens with zero attached hydrogens (tertiary/aromatic N) is 4. The number of hydrogen-bond donors (Lipinski definition) is 1. The van der Waals surface area contributed by atoms with Crippen molar-refractivity contribution in [1.82, 2.24) is 19.9 Å². The third-order valence-electron chi connectivity index (χ3n) is 4.61. The van der Waals surface area contributed by atoms with Crippen molar-refractivity contribution in [1.29, 1.82) is 0 Å². The summed E-state index contributed by atoms with van der Waals surface area (Å²) in [7, 11) is 0. The van der Waals surface area contributed by atoms with Gasteiger partial charge in [-0.05, 0) is 37.1 Å². The van der Waals surface area contributed by atoms with Crippen LogP contribution in [0, 0.1) is 0 Å². The van der Waals surface area contributed by atoms with Crippen LogP contribution in [0.25, 0.3) is 16.9 Å². The largest absolute Gasteiger partial charge is 0.355 e. The Morgan fingerprint density at radius 1 is 1.15 bits per heavy atom. The van der Waals surface area contributed by atoms with E-state index in [4.69, 9.17) is 10.1 Å². The van der Waals surface area contributed by atoms with Crippen molar-refractivity contribution in [2.24, 2.45) is 0 Å². The molecule has 4 rings (SSSR count). The number of benzene rings is 1. The molecule has 3 aromatic rings. The molecule has 2 aromatic heterocycles. The van der Waals surface area contributed by atoms with E-state index in [0.717, 1.165) is 46.0 Å². The molecule has 1 aliphatic rings. The first-order chi connectivity index (χ1) is 12.6. The summed E-state index contributed by atoms with van der Waals surface area (Å²) in [5, 5.41) is 7.71. The van der Waals surface area contributed by atoms with Crippen LogP contribution in [0.2, 0.25) is 0 Å². The normalized spacial score (nSPS) is 14.2. The van der Waals surface area contributed by atoms with E-state index in [0.29, 0.717) is 6.54 Å². The average Bonchev–Trinajstić information content (AvgIpc) is 3.28. The molecule has 3 heterocycles. The molecule has 0 aliphatic carbocycles. The number of amides is 1. The Balaban J connectivity index is 1.82. The molecule has 0 radical (unpaired) electrons. The number of rotatable bonds is 4. The van der Waals surface area contributed by atoms with Gasteiger partial charge in [-0.1, -0.05) is 28.1 Å². The van der Waals surface area contributed by atoms with Crippen LogP contribution in [-0.2, 0) is 11.3 Å². The molecule has 0 atom stereocenters. The summed E-state index contributed by atoms with van der Waals surface area (Å²) >= 11 is 3.47. The number of aromatic nitrogens is 3. The van der Waals surface area contributed by atoms with E-state index < -0.39 is 0 Å². The van der Waals surface area contributed by atoms with Gasteiger partial charge in [0, 0.05) is 30.0 Å². The van der Waals surface area contributed by atoms with Crippen LogP contribution in [0.15, 0.2) is 40.9 Å². The van der Waals surface area contributed by atoms with Gasteiger partial charge in [0.05, 0.1) is 17.9 Å². The second kappa shape index (κ2) is 7.07. The lowest BCUT2D eigenvalue weighted by molar-refractivity contribution is -0.119. The SMILES string of the molecule is CC(=O)NCc1c(-c2ccc(Br)cc2)nc2ccc(N3CCCC3)nn12. The number of anilines is 1. The van der Waals surface area contributed by atoms with Gasteiger partial charge in [-0.2, -0.15) is 0 Å². The summed E-state index contributed by atoms with van der Waals surface area (Å²) in [6.07, 6.45) is 2.40. The molecular formula is C19H20BrN5O. The number of halogens is 1. The lowest BCUT2D eigenvalue weighted by Gasteiger charge is -2.16. The minimum absolute atomic E-state index is 0.0718. The Bertz CT molecular complexity index is 944. The Hall–Kier alpha value is -2.41. The van der Waals surface area contributed by atoms with Crippen LogP contribution >= 0.6 is 15.9 Å². The van der Waals surface area contributed by atoms with Gasteiger partial charge in [0.2, 0.25) is 5.91 Å². The fraction of sp³-hybridized carbons (Fsp3) is 0.316. The van der Waals surface area contributed by atoms with E-state index in [1.807, 2.05) is 40.9 Å². The minimum Gasteiger partial charge on any atom is -0.355 e. The maximum absolute atomic E-state index is 11.5. The highest BCUT2D eigenvalue weighted by molar-refractivity contribution is 9.10. The van der Waals surface area contributed by atoms with Crippen molar-refractivity contribution in [3.8, 4) is 11.3 Å². The molecule has 0 spiro atoms.